The summed E-state index contributed by atoms with van der Waals surface area (Å²) in [6.45, 7) is 13.1. The van der Waals surface area contributed by atoms with Crippen molar-refractivity contribution in [3.8, 4) is 34.5 Å². The second-order valence-corrected chi connectivity index (χ2v) is 24.8. The number of aromatic hydroxyl groups is 3. The summed E-state index contributed by atoms with van der Waals surface area (Å²) in [5.41, 5.74) is 20.0. The number of esters is 4. The van der Waals surface area contributed by atoms with Gasteiger partial charge in [-0.2, -0.15) is 16.0 Å². The number of fused-ring (bicyclic) bond motifs is 2. The molecule has 1 atom stereocenters. The van der Waals surface area contributed by atoms with Gasteiger partial charge in [-0.1, -0.05) is 61.0 Å². The number of hydrogen-bond donors (Lipinski definition) is 12. The molecule has 0 saturated heterocycles. The maximum absolute atomic E-state index is 11.5. The van der Waals surface area contributed by atoms with Crippen molar-refractivity contribution >= 4 is 148 Å². The number of aliphatic hydroxyl groups is 1. The monoisotopic (exact) mass is 1830 g/mol. The van der Waals surface area contributed by atoms with E-state index in [2.05, 4.69) is 71.3 Å². The number of ketones is 1. The van der Waals surface area contributed by atoms with Gasteiger partial charge in [0.25, 0.3) is 0 Å². The number of halogens is 1. The van der Waals surface area contributed by atoms with Crippen molar-refractivity contribution in [2.45, 2.75) is 100 Å². The summed E-state index contributed by atoms with van der Waals surface area (Å²) in [7, 11) is -0.221. The first kappa shape index (κ1) is 105. The van der Waals surface area contributed by atoms with Crippen LogP contribution in [0.2, 0.25) is 0 Å². The Hall–Kier alpha value is -9.23. The number of carboxylic acid groups (broad SMARTS) is 2. The smallest absolute Gasteiger partial charge is 1.00 e. The molecule has 0 fully saturated rings. The summed E-state index contributed by atoms with van der Waals surface area (Å²) in [6.07, 6.45) is 9.00. The normalized spacial score (nSPS) is 11.6. The van der Waals surface area contributed by atoms with Crippen molar-refractivity contribution in [1.29, 1.82) is 0 Å². The van der Waals surface area contributed by atoms with Crippen molar-refractivity contribution in [2.24, 2.45) is 0 Å². The number of aryl methyl sites for hydroxylation is 5. The molecule has 611 valence electrons. The summed E-state index contributed by atoms with van der Waals surface area (Å²) in [6, 6.07) is 31.8. The zero-order valence-electron chi connectivity index (χ0n) is 65.2. The molecule has 11 aromatic rings. The quantitative estimate of drug-likeness (QED) is 0.0119. The molecular formula is C80H92BIKN7O24PY-. The van der Waals surface area contributed by atoms with Crippen LogP contribution in [0.15, 0.2) is 143 Å². The summed E-state index contributed by atoms with van der Waals surface area (Å²) in [5.74, 6) is -2.79. The number of rotatable bonds is 10. The van der Waals surface area contributed by atoms with E-state index in [0.29, 0.717) is 62.6 Å². The maximum atomic E-state index is 11.5. The Balaban J connectivity index is 0.00000131. The van der Waals surface area contributed by atoms with E-state index in [1.165, 1.54) is 71.3 Å². The van der Waals surface area contributed by atoms with E-state index in [9.17, 15) is 63.4 Å². The third kappa shape index (κ3) is 28.8. The van der Waals surface area contributed by atoms with E-state index in [1.807, 2.05) is 57.3 Å². The molecule has 0 saturated carbocycles. The number of nitrogen functional groups attached to an aromatic ring is 1. The number of hydrogen-bond acceptors (Lipinski definition) is 26. The van der Waals surface area contributed by atoms with Gasteiger partial charge in [0.15, 0.2) is 5.78 Å². The molecule has 0 spiro atoms. The molecule has 0 amide bonds. The Bertz CT molecular complexity index is 5350. The van der Waals surface area contributed by atoms with Gasteiger partial charge < -0.3 is 103 Å². The van der Waals surface area contributed by atoms with Crippen LogP contribution < -0.4 is 94.1 Å². The number of carboxylic acids is 2. The maximum Gasteiger partial charge on any atom is 1.00 e. The van der Waals surface area contributed by atoms with Gasteiger partial charge in [-0.05, 0) is 146 Å². The molecule has 6 aromatic carbocycles. The predicted octanol–water partition coefficient (Wildman–Crippen LogP) is 5.40. The second kappa shape index (κ2) is 49.7. The van der Waals surface area contributed by atoms with E-state index < -0.39 is 61.6 Å². The molecule has 1 radical (unpaired) electrons. The minimum Gasteiger partial charge on any atom is -1.00 e. The third-order valence-corrected chi connectivity index (χ3v) is 16.9. The zero-order chi connectivity index (χ0) is 79.3. The Kier molecular flexibility index (Phi) is 44.9. The number of aliphatic hydroxyl groups excluding tert-OH is 1. The van der Waals surface area contributed by atoms with Crippen LogP contribution in [-0.4, -0.2) is 153 Å². The fourth-order valence-corrected chi connectivity index (χ4v) is 11.7. The van der Waals surface area contributed by atoms with E-state index in [4.69, 9.17) is 40.4 Å². The third-order valence-electron chi connectivity index (χ3n) is 16.9. The fraction of sp³-hybridized carbons (Fsp3) is 0.250. The number of phenols is 3. The van der Waals surface area contributed by atoms with E-state index in [-0.39, 0.29) is 192 Å². The molecule has 5 aromatic heterocycles. The molecule has 0 bridgehead atoms. The number of nitrogens with one attached hydrogen (secondary N) is 2. The largest absolute Gasteiger partial charge is 1.00 e. The van der Waals surface area contributed by atoms with Crippen molar-refractivity contribution in [3.05, 3.63) is 216 Å². The number of carbonyl (C=O) groups excluding carboxylic acids is 5. The Morgan fingerprint density at radius 2 is 1.09 bits per heavy atom. The summed E-state index contributed by atoms with van der Waals surface area (Å²) >= 11 is 0. The van der Waals surface area contributed by atoms with E-state index in [1.54, 1.807) is 48.7 Å². The summed E-state index contributed by atoms with van der Waals surface area (Å²) < 4.78 is 30.0. The number of nitrogens with two attached hydrogens (primary N) is 1. The number of H-pyrrole nitrogens is 2. The number of carbonyl (C=O) groups is 7. The van der Waals surface area contributed by atoms with Gasteiger partial charge in [0, 0.05) is 122 Å². The van der Waals surface area contributed by atoms with Gasteiger partial charge >= 0.3 is 94.3 Å². The first-order valence-corrected chi connectivity index (χ1v) is 33.8. The van der Waals surface area contributed by atoms with Crippen LogP contribution in [0.25, 0.3) is 54.5 Å². The van der Waals surface area contributed by atoms with E-state index >= 15 is 0 Å². The number of methoxy groups -OCH3 is 1. The average Bonchev–Trinajstić information content (AvgIpc) is 0.768. The summed E-state index contributed by atoms with van der Waals surface area (Å²) in [5, 5.41) is 76.4. The second-order valence-electron chi connectivity index (χ2n) is 24.8. The minimum absolute atomic E-state index is 0. The summed E-state index contributed by atoms with van der Waals surface area (Å²) in [4.78, 5) is 114. The van der Waals surface area contributed by atoms with Gasteiger partial charge in [-0.3, -0.25) is 48.3 Å². The number of benzene rings is 6. The van der Waals surface area contributed by atoms with Gasteiger partial charge in [0.05, 0.1) is 61.5 Å². The fourth-order valence-electron chi connectivity index (χ4n) is 11.7. The number of pyridine rings is 5. The number of cyclic esters (lactones) is 2. The van der Waals surface area contributed by atoms with Crippen molar-refractivity contribution in [1.82, 2.24) is 31.1 Å². The SMILES string of the molecule is C.CC(=O)OC1=CC(=O)OC(=O)C1.COC(=O)Cc1cc(=O)[nH]c2c(C)ccc(O)c12.Cc1ccc(O)c2c(CCO)cc(=O)[nH]c12.Cc1ccc(O)cc1N.Cc1ccc2c3c(c[c-]nc13)CCO2.Cc1ccc2c3c(ccnc13)CCO2.I.N.O.O=C(O)CC(=O)CC(=O)O.OB(O)c1ccc2c3c(ccnc13)CCO2.P.[H-].[K+].[Y]. The molecule has 1 unspecified atom stereocenters. The first-order chi connectivity index (χ1) is 51.9. The zero-order valence-corrected chi connectivity index (χ0v) is 73.9. The Morgan fingerprint density at radius 1 is 0.629 bits per heavy atom. The molecule has 36 heteroatoms. The molecule has 116 heavy (non-hydrogen) atoms. The first-order valence-electron chi connectivity index (χ1n) is 33.8. The predicted molar refractivity (Wildman–Crippen MR) is 445 cm³/mol. The van der Waals surface area contributed by atoms with Crippen LogP contribution in [0.4, 0.5) is 5.69 Å². The van der Waals surface area contributed by atoms with Gasteiger partial charge in [0.1, 0.15) is 59.5 Å². The van der Waals surface area contributed by atoms with Crippen molar-refractivity contribution < 1.29 is 194 Å². The van der Waals surface area contributed by atoms with Crippen LogP contribution in [0.5, 0.6) is 34.5 Å². The molecular weight excluding hydrogens is 1740 g/mol. The van der Waals surface area contributed by atoms with Gasteiger partial charge in [0.2, 0.25) is 11.1 Å². The number of ether oxygens (including phenoxy) is 6. The van der Waals surface area contributed by atoms with Crippen LogP contribution in [0.1, 0.15) is 90.7 Å². The number of anilines is 1. The van der Waals surface area contributed by atoms with Crippen LogP contribution in [0, 0.1) is 40.8 Å². The van der Waals surface area contributed by atoms with Crippen molar-refractivity contribution in [2.75, 3.05) is 39.3 Å². The van der Waals surface area contributed by atoms with Crippen LogP contribution in [0.3, 0.4) is 0 Å². The molecule has 0 aliphatic carbocycles. The number of Topliss-reactive ketones (excluding diaryl/α,β-unsaturated/α-hetero) is 1. The number of phenolic OH excluding ortho intramolecular Hbond substituents is 3. The molecule has 9 heterocycles. The van der Waals surface area contributed by atoms with E-state index in [0.717, 1.165) is 94.5 Å². The topological polar surface area (TPSA) is 534 Å². The number of aromatic amines is 2. The Morgan fingerprint density at radius 3 is 1.56 bits per heavy atom. The molecule has 4 aliphatic rings. The van der Waals surface area contributed by atoms with Crippen molar-refractivity contribution in [3.63, 3.8) is 0 Å². The standard InChI is InChI=1S/C13H13NO4.C12H13NO3.C12H11NO.C12H10NO.C11H10BNO3.C7H9NO.C7H6O5.C5H6O5.CH4.HI.K.H3N.H2O.H3P.Y.H/c1-7-3-4-9(15)12-8(6-11(17)18-2)5-10(16)14-13(7)12;1-7-2-3-9(15)11-8(4-5-14)6-10(16)13-12(7)11;2*1-8-2-3-10-11-9(5-7-14-10)4-6-13-12(8)11;14-12(15)8-1-2-9-10-7(4-6-16-9)3-5-13-11(8)10;1-5-2-3-6(9)4-7(5)8;1-4(8)11-5-2-6(9)12-7(10)3-5;6-3(1-4(7)8)2-5(9)10;;;;;;;;/h3-5,15H,6H2,1-2H3,(H,14,16);2-3,6,14-15H,4-5H2,1H3,(H,13,16);2-4,6H,5,7H2,1H3;2-4H,5,7H2,1H3;1-3,5,14-15H,4,6H2;2-4,9H,8H2,1H3;2H,3H2,1H3;1-2H2,(H,7,8)(H,9,10);1H4;1H;;1H3;1H2;1H3;;/q;;;-1;;;;;;;+1;;;;;-1. The number of nitrogens with zero attached hydrogens (tertiary/aromatic N) is 3. The average molecular weight is 1830 g/mol. The van der Waals surface area contributed by atoms with Crippen LogP contribution >= 0.6 is 33.9 Å². The van der Waals surface area contributed by atoms with Gasteiger partial charge in [-0.25, -0.2) is 4.79 Å². The van der Waals surface area contributed by atoms with Crippen LogP contribution in [-0.2, 0) is 113 Å². The van der Waals surface area contributed by atoms with Gasteiger partial charge in [-0.15, -0.1) is 29.5 Å². The molecule has 31 nitrogen and oxygen atoms in total. The number of aliphatic carboxylic acids is 2. The Labute approximate surface area is 755 Å². The molecule has 17 N–H and O–H groups in total. The number of aromatic nitrogens is 5. The minimum atomic E-state index is -1.50. The molecule has 15 rings (SSSR count). The molecule has 4 aliphatic heterocycles.